The third kappa shape index (κ3) is 5.17. The van der Waals surface area contributed by atoms with Gasteiger partial charge in [-0.1, -0.05) is 26.7 Å². The van der Waals surface area contributed by atoms with E-state index < -0.39 is 5.97 Å². The molecule has 4 heteroatoms. The van der Waals surface area contributed by atoms with Gasteiger partial charge in [-0.05, 0) is 31.4 Å². The molecule has 1 heterocycles. The van der Waals surface area contributed by atoms with Gasteiger partial charge >= 0.3 is 5.97 Å². The van der Waals surface area contributed by atoms with Gasteiger partial charge in [0.25, 0.3) is 0 Å². The lowest BCUT2D eigenvalue weighted by Crippen LogP contribution is -2.16. The molecule has 0 saturated carbocycles. The third-order valence-electron chi connectivity index (χ3n) is 2.82. The van der Waals surface area contributed by atoms with E-state index in [1.807, 2.05) is 0 Å². The van der Waals surface area contributed by atoms with Crippen molar-refractivity contribution in [2.75, 3.05) is 5.32 Å². The SMILES string of the molecule is CC(C)CCCC(C)Nc1cc(C(=O)O)ccn1. The summed E-state index contributed by atoms with van der Waals surface area (Å²) in [5.41, 5.74) is 0.266. The Labute approximate surface area is 108 Å². The highest BCUT2D eigenvalue weighted by Gasteiger charge is 2.07. The van der Waals surface area contributed by atoms with Crippen molar-refractivity contribution in [1.29, 1.82) is 0 Å². The monoisotopic (exact) mass is 250 g/mol. The van der Waals surface area contributed by atoms with E-state index in [1.54, 1.807) is 6.07 Å². The molecule has 0 spiro atoms. The average Bonchev–Trinajstić information content (AvgIpc) is 2.28. The molecule has 4 nitrogen and oxygen atoms in total. The number of pyridine rings is 1. The van der Waals surface area contributed by atoms with Crippen molar-refractivity contribution < 1.29 is 9.90 Å². The quantitative estimate of drug-likeness (QED) is 0.778. The number of carboxylic acids is 1. The molecular weight excluding hydrogens is 228 g/mol. The Morgan fingerprint density at radius 1 is 1.39 bits per heavy atom. The highest BCUT2D eigenvalue weighted by atomic mass is 16.4. The maximum atomic E-state index is 10.8. The normalized spacial score (nSPS) is 12.4. The van der Waals surface area contributed by atoms with E-state index in [-0.39, 0.29) is 5.56 Å². The number of nitrogens with one attached hydrogen (secondary N) is 1. The summed E-state index contributed by atoms with van der Waals surface area (Å²) in [7, 11) is 0. The predicted octanol–water partition coefficient (Wildman–Crippen LogP) is 3.41. The van der Waals surface area contributed by atoms with Gasteiger partial charge in [-0.15, -0.1) is 0 Å². The smallest absolute Gasteiger partial charge is 0.335 e. The van der Waals surface area contributed by atoms with Crippen LogP contribution in [0.25, 0.3) is 0 Å². The average molecular weight is 250 g/mol. The van der Waals surface area contributed by atoms with Crippen molar-refractivity contribution in [3.8, 4) is 0 Å². The third-order valence-corrected chi connectivity index (χ3v) is 2.82. The fourth-order valence-corrected chi connectivity index (χ4v) is 1.80. The van der Waals surface area contributed by atoms with Crippen molar-refractivity contribution in [3.05, 3.63) is 23.9 Å². The largest absolute Gasteiger partial charge is 0.478 e. The lowest BCUT2D eigenvalue weighted by atomic mass is 10.0. The number of carboxylic acid groups (broad SMARTS) is 1. The van der Waals surface area contributed by atoms with E-state index in [4.69, 9.17) is 5.11 Å². The van der Waals surface area contributed by atoms with E-state index >= 15 is 0 Å². The van der Waals surface area contributed by atoms with Crippen LogP contribution in [0.2, 0.25) is 0 Å². The first-order valence-corrected chi connectivity index (χ1v) is 6.45. The van der Waals surface area contributed by atoms with Crippen LogP contribution in [0.1, 0.15) is 50.4 Å². The van der Waals surface area contributed by atoms with Crippen LogP contribution in [0.4, 0.5) is 5.82 Å². The second-order valence-electron chi connectivity index (χ2n) is 5.11. The molecule has 100 valence electrons. The highest BCUT2D eigenvalue weighted by Crippen LogP contribution is 2.13. The van der Waals surface area contributed by atoms with E-state index in [1.165, 1.54) is 25.1 Å². The summed E-state index contributed by atoms with van der Waals surface area (Å²) >= 11 is 0. The van der Waals surface area contributed by atoms with Crippen LogP contribution in [0, 0.1) is 5.92 Å². The molecule has 1 atom stereocenters. The number of aromatic nitrogens is 1. The van der Waals surface area contributed by atoms with Crippen LogP contribution in [-0.2, 0) is 0 Å². The molecule has 18 heavy (non-hydrogen) atoms. The zero-order valence-electron chi connectivity index (χ0n) is 11.3. The van der Waals surface area contributed by atoms with Crippen molar-refractivity contribution in [3.63, 3.8) is 0 Å². The standard InChI is InChI=1S/C14H22N2O2/c1-10(2)5-4-6-11(3)16-13-9-12(14(17)18)7-8-15-13/h7-11H,4-6H2,1-3H3,(H,15,16)(H,17,18). The molecule has 1 rings (SSSR count). The van der Waals surface area contributed by atoms with Gasteiger partial charge < -0.3 is 10.4 Å². The maximum absolute atomic E-state index is 10.8. The van der Waals surface area contributed by atoms with Crippen molar-refractivity contribution >= 4 is 11.8 Å². The predicted molar refractivity (Wildman–Crippen MR) is 73.0 cm³/mol. The van der Waals surface area contributed by atoms with Crippen molar-refractivity contribution in [2.45, 2.75) is 46.1 Å². The number of anilines is 1. The molecule has 0 aliphatic heterocycles. The molecule has 0 aliphatic carbocycles. The van der Waals surface area contributed by atoms with Gasteiger partial charge in [-0.3, -0.25) is 0 Å². The number of rotatable bonds is 7. The topological polar surface area (TPSA) is 62.2 Å². The first-order chi connectivity index (χ1) is 8.49. The van der Waals surface area contributed by atoms with Gasteiger partial charge in [0, 0.05) is 12.2 Å². The minimum atomic E-state index is -0.923. The Bertz CT molecular complexity index is 391. The lowest BCUT2D eigenvalue weighted by molar-refractivity contribution is 0.0697. The Morgan fingerprint density at radius 2 is 2.11 bits per heavy atom. The molecule has 0 fully saturated rings. The molecule has 0 aliphatic rings. The summed E-state index contributed by atoms with van der Waals surface area (Å²) in [6.45, 7) is 6.53. The summed E-state index contributed by atoms with van der Waals surface area (Å²) in [5.74, 6) is 0.436. The van der Waals surface area contributed by atoms with E-state index in [9.17, 15) is 4.79 Å². The fourth-order valence-electron chi connectivity index (χ4n) is 1.80. The molecule has 1 unspecified atom stereocenters. The van der Waals surface area contributed by atoms with E-state index in [0.29, 0.717) is 11.9 Å². The molecule has 0 amide bonds. The first kappa shape index (κ1) is 14.5. The summed E-state index contributed by atoms with van der Waals surface area (Å²) in [6.07, 6.45) is 4.98. The van der Waals surface area contributed by atoms with Crippen LogP contribution in [-0.4, -0.2) is 22.1 Å². The van der Waals surface area contributed by atoms with Crippen LogP contribution in [0.3, 0.4) is 0 Å². The summed E-state index contributed by atoms with van der Waals surface area (Å²) in [6, 6.07) is 3.37. The van der Waals surface area contributed by atoms with Crippen LogP contribution >= 0.6 is 0 Å². The minimum Gasteiger partial charge on any atom is -0.478 e. The van der Waals surface area contributed by atoms with Gasteiger partial charge in [0.05, 0.1) is 5.56 Å². The second-order valence-corrected chi connectivity index (χ2v) is 5.11. The number of nitrogens with zero attached hydrogens (tertiary/aromatic N) is 1. The fraction of sp³-hybridized carbons (Fsp3) is 0.571. The number of carbonyl (C=O) groups is 1. The Hall–Kier alpha value is -1.58. The maximum Gasteiger partial charge on any atom is 0.335 e. The molecule has 1 aromatic rings. The summed E-state index contributed by atoms with van der Waals surface area (Å²) in [5, 5.41) is 12.1. The van der Waals surface area contributed by atoms with Crippen molar-refractivity contribution in [1.82, 2.24) is 4.98 Å². The highest BCUT2D eigenvalue weighted by molar-refractivity contribution is 5.88. The van der Waals surface area contributed by atoms with Gasteiger partial charge in [0.1, 0.15) is 5.82 Å². The van der Waals surface area contributed by atoms with E-state index in [0.717, 1.165) is 12.3 Å². The summed E-state index contributed by atoms with van der Waals surface area (Å²) < 4.78 is 0. The lowest BCUT2D eigenvalue weighted by Gasteiger charge is -2.15. The molecular formula is C14H22N2O2. The Balaban J connectivity index is 2.46. The summed E-state index contributed by atoms with van der Waals surface area (Å²) in [4.78, 5) is 15.0. The first-order valence-electron chi connectivity index (χ1n) is 6.45. The molecule has 0 saturated heterocycles. The molecule has 0 radical (unpaired) electrons. The van der Waals surface area contributed by atoms with Gasteiger partial charge in [-0.25, -0.2) is 9.78 Å². The van der Waals surface area contributed by atoms with Gasteiger partial charge in [0.15, 0.2) is 0 Å². The Morgan fingerprint density at radius 3 is 2.72 bits per heavy atom. The minimum absolute atomic E-state index is 0.266. The number of aromatic carboxylic acids is 1. The van der Waals surface area contributed by atoms with E-state index in [2.05, 4.69) is 31.1 Å². The van der Waals surface area contributed by atoms with Gasteiger partial charge in [-0.2, -0.15) is 0 Å². The van der Waals surface area contributed by atoms with Crippen LogP contribution in [0.5, 0.6) is 0 Å². The second kappa shape index (κ2) is 6.99. The molecule has 1 aromatic heterocycles. The molecule has 0 aromatic carbocycles. The molecule has 2 N–H and O–H groups in total. The Kier molecular flexibility index (Phi) is 5.62. The van der Waals surface area contributed by atoms with Crippen LogP contribution < -0.4 is 5.32 Å². The van der Waals surface area contributed by atoms with Crippen LogP contribution in [0.15, 0.2) is 18.3 Å². The number of hydrogen-bond donors (Lipinski definition) is 2. The zero-order chi connectivity index (χ0) is 13.5. The van der Waals surface area contributed by atoms with Crippen molar-refractivity contribution in [2.24, 2.45) is 5.92 Å². The number of hydrogen-bond acceptors (Lipinski definition) is 3. The zero-order valence-corrected chi connectivity index (χ0v) is 11.3. The van der Waals surface area contributed by atoms with Gasteiger partial charge in [0.2, 0.25) is 0 Å². The molecule has 0 bridgehead atoms.